The zero-order chi connectivity index (χ0) is 19.3. The minimum atomic E-state index is -4.83. The molecule has 0 spiro atoms. The number of carbonyl (C=O) groups excluding carboxylic acids is 1. The van der Waals surface area contributed by atoms with E-state index in [9.17, 15) is 32.5 Å². The lowest BCUT2D eigenvalue weighted by atomic mass is 10.3. The van der Waals surface area contributed by atoms with Crippen molar-refractivity contribution in [3.05, 3.63) is 58.4 Å². The number of benzene rings is 2. The highest BCUT2D eigenvalue weighted by atomic mass is 19.4. The first-order chi connectivity index (χ1) is 12.1. The Hall–Kier alpha value is -3.37. The fourth-order valence-electron chi connectivity index (χ4n) is 1.80. The fourth-order valence-corrected chi connectivity index (χ4v) is 1.80. The Balaban J connectivity index is 1.90. The number of ether oxygens (including phenoxy) is 2. The number of halogens is 4. The molecule has 0 aliphatic carbocycles. The summed E-state index contributed by atoms with van der Waals surface area (Å²) in [6.07, 6.45) is -4.83. The van der Waals surface area contributed by atoms with E-state index in [1.165, 1.54) is 12.1 Å². The van der Waals surface area contributed by atoms with E-state index in [1.54, 1.807) is 0 Å². The molecule has 0 bridgehead atoms. The number of amides is 1. The number of hydrogen-bond donors (Lipinski definition) is 1. The van der Waals surface area contributed by atoms with Gasteiger partial charge in [-0.2, -0.15) is 0 Å². The van der Waals surface area contributed by atoms with Crippen LogP contribution in [0.3, 0.4) is 0 Å². The minimum Gasteiger partial charge on any atom is -0.481 e. The number of non-ortho nitro benzene ring substituents is 1. The minimum absolute atomic E-state index is 0.164. The van der Waals surface area contributed by atoms with Crippen LogP contribution >= 0.6 is 0 Å². The number of carbonyl (C=O) groups is 1. The molecule has 11 heteroatoms. The molecule has 0 fully saturated rings. The number of nitro groups is 1. The van der Waals surface area contributed by atoms with Gasteiger partial charge in [0.25, 0.3) is 11.6 Å². The highest BCUT2D eigenvalue weighted by molar-refractivity contribution is 5.91. The first kappa shape index (κ1) is 19.0. The van der Waals surface area contributed by atoms with Crippen molar-refractivity contribution in [3.63, 3.8) is 0 Å². The molecule has 2 aromatic rings. The summed E-state index contributed by atoms with van der Waals surface area (Å²) in [5.74, 6) is -2.55. The van der Waals surface area contributed by atoms with Crippen LogP contribution in [-0.4, -0.2) is 23.8 Å². The van der Waals surface area contributed by atoms with Gasteiger partial charge < -0.3 is 14.8 Å². The second-order valence-electron chi connectivity index (χ2n) is 4.78. The van der Waals surface area contributed by atoms with E-state index in [-0.39, 0.29) is 11.4 Å². The molecular formula is C15H10F4N2O5. The number of anilines is 1. The lowest BCUT2D eigenvalue weighted by Gasteiger charge is -2.10. The first-order valence-electron chi connectivity index (χ1n) is 6.86. The van der Waals surface area contributed by atoms with E-state index >= 15 is 0 Å². The summed E-state index contributed by atoms with van der Waals surface area (Å²) < 4.78 is 58.3. The first-order valence-corrected chi connectivity index (χ1v) is 6.86. The molecule has 0 aromatic heterocycles. The van der Waals surface area contributed by atoms with Crippen LogP contribution in [0.25, 0.3) is 0 Å². The van der Waals surface area contributed by atoms with Crippen LogP contribution in [-0.2, 0) is 4.79 Å². The fraction of sp³-hybridized carbons (Fsp3) is 0.133. The number of rotatable bonds is 6. The second-order valence-corrected chi connectivity index (χ2v) is 4.78. The quantitative estimate of drug-likeness (QED) is 0.474. The summed E-state index contributed by atoms with van der Waals surface area (Å²) in [7, 11) is 0. The van der Waals surface area contributed by atoms with Crippen LogP contribution in [0.5, 0.6) is 11.5 Å². The van der Waals surface area contributed by atoms with Crippen molar-refractivity contribution >= 4 is 17.3 Å². The second kappa shape index (κ2) is 7.68. The molecule has 7 nitrogen and oxygen atoms in total. The van der Waals surface area contributed by atoms with Crippen molar-refractivity contribution in [1.82, 2.24) is 0 Å². The Morgan fingerprint density at radius 3 is 2.35 bits per heavy atom. The molecule has 1 amide bonds. The van der Waals surface area contributed by atoms with E-state index in [0.29, 0.717) is 6.07 Å². The molecule has 2 rings (SSSR count). The van der Waals surface area contributed by atoms with Crippen LogP contribution in [0.15, 0.2) is 42.5 Å². The zero-order valence-corrected chi connectivity index (χ0v) is 12.7. The number of hydrogen-bond acceptors (Lipinski definition) is 5. The maximum atomic E-state index is 13.6. The third-order valence-electron chi connectivity index (χ3n) is 2.86. The van der Waals surface area contributed by atoms with E-state index in [1.807, 2.05) is 0 Å². The van der Waals surface area contributed by atoms with Gasteiger partial charge in [0.15, 0.2) is 18.2 Å². The molecule has 138 valence electrons. The zero-order valence-electron chi connectivity index (χ0n) is 12.7. The normalized spacial score (nSPS) is 10.9. The molecule has 0 unspecified atom stereocenters. The van der Waals surface area contributed by atoms with Crippen molar-refractivity contribution < 1.29 is 36.8 Å². The number of nitrogens with zero attached hydrogens (tertiary/aromatic N) is 1. The van der Waals surface area contributed by atoms with Gasteiger partial charge in [-0.3, -0.25) is 14.9 Å². The lowest BCUT2D eigenvalue weighted by Crippen LogP contribution is -2.20. The molecule has 0 radical (unpaired) electrons. The summed E-state index contributed by atoms with van der Waals surface area (Å²) >= 11 is 0. The molecule has 0 heterocycles. The van der Waals surface area contributed by atoms with Crippen LogP contribution in [0, 0.1) is 15.9 Å². The number of nitrogens with one attached hydrogen (secondary N) is 1. The van der Waals surface area contributed by atoms with Gasteiger partial charge >= 0.3 is 6.36 Å². The Labute approximate surface area is 143 Å². The average Bonchev–Trinajstić information content (AvgIpc) is 2.54. The summed E-state index contributed by atoms with van der Waals surface area (Å²) in [4.78, 5) is 21.4. The van der Waals surface area contributed by atoms with Gasteiger partial charge in [0.1, 0.15) is 5.75 Å². The SMILES string of the molecule is O=C(COc1ccc([N+](=O)[O-])cc1F)Nc1ccc(OC(F)(F)F)cc1. The summed E-state index contributed by atoms with van der Waals surface area (Å²) in [6.45, 7) is -0.616. The predicted octanol–water partition coefficient (Wildman–Crippen LogP) is 3.65. The van der Waals surface area contributed by atoms with Gasteiger partial charge in [-0.25, -0.2) is 4.39 Å². The van der Waals surface area contributed by atoms with Gasteiger partial charge in [0, 0.05) is 11.8 Å². The number of alkyl halides is 3. The van der Waals surface area contributed by atoms with E-state index in [4.69, 9.17) is 4.74 Å². The van der Waals surface area contributed by atoms with Gasteiger partial charge in [0.2, 0.25) is 0 Å². The predicted molar refractivity (Wildman–Crippen MR) is 80.3 cm³/mol. The van der Waals surface area contributed by atoms with Crippen molar-refractivity contribution in [1.29, 1.82) is 0 Å². The van der Waals surface area contributed by atoms with Crippen molar-refractivity contribution in [2.45, 2.75) is 6.36 Å². The third kappa shape index (κ3) is 5.61. The molecule has 26 heavy (non-hydrogen) atoms. The Morgan fingerprint density at radius 2 is 1.81 bits per heavy atom. The Kier molecular flexibility index (Phi) is 5.60. The highest BCUT2D eigenvalue weighted by Crippen LogP contribution is 2.24. The van der Waals surface area contributed by atoms with E-state index in [0.717, 1.165) is 24.3 Å². The van der Waals surface area contributed by atoms with Crippen LogP contribution in [0.1, 0.15) is 0 Å². The molecule has 0 aliphatic heterocycles. The summed E-state index contributed by atoms with van der Waals surface area (Å²) in [5.41, 5.74) is -0.308. The van der Waals surface area contributed by atoms with E-state index in [2.05, 4.69) is 10.1 Å². The smallest absolute Gasteiger partial charge is 0.481 e. The molecule has 0 atom stereocenters. The monoisotopic (exact) mass is 374 g/mol. The molecular weight excluding hydrogens is 364 g/mol. The van der Waals surface area contributed by atoms with Gasteiger partial charge in [-0.05, 0) is 30.3 Å². The molecule has 0 aliphatic rings. The Bertz CT molecular complexity index is 809. The van der Waals surface area contributed by atoms with Gasteiger partial charge in [-0.15, -0.1) is 13.2 Å². The lowest BCUT2D eigenvalue weighted by molar-refractivity contribution is -0.385. The molecule has 0 saturated heterocycles. The number of nitro benzene ring substituents is 1. The molecule has 1 N–H and O–H groups in total. The standard InChI is InChI=1S/C15H10F4N2O5/c16-12-7-10(21(23)24)3-6-13(12)25-8-14(22)20-9-1-4-11(5-2-9)26-15(17,18)19/h1-7H,8H2,(H,20,22). The summed E-state index contributed by atoms with van der Waals surface area (Å²) in [5, 5.41) is 12.8. The molecule has 0 saturated carbocycles. The maximum absolute atomic E-state index is 13.6. The third-order valence-corrected chi connectivity index (χ3v) is 2.86. The average molecular weight is 374 g/mol. The van der Waals surface area contributed by atoms with Crippen molar-refractivity contribution in [2.24, 2.45) is 0 Å². The highest BCUT2D eigenvalue weighted by Gasteiger charge is 2.30. The van der Waals surface area contributed by atoms with E-state index < -0.39 is 41.1 Å². The Morgan fingerprint density at radius 1 is 1.15 bits per heavy atom. The van der Waals surface area contributed by atoms with Crippen LogP contribution < -0.4 is 14.8 Å². The van der Waals surface area contributed by atoms with Crippen LogP contribution in [0.4, 0.5) is 28.9 Å². The van der Waals surface area contributed by atoms with Gasteiger partial charge in [-0.1, -0.05) is 0 Å². The maximum Gasteiger partial charge on any atom is 0.573 e. The molecule has 2 aromatic carbocycles. The van der Waals surface area contributed by atoms with Crippen molar-refractivity contribution in [2.75, 3.05) is 11.9 Å². The van der Waals surface area contributed by atoms with Crippen LogP contribution in [0.2, 0.25) is 0 Å². The van der Waals surface area contributed by atoms with Gasteiger partial charge in [0.05, 0.1) is 11.0 Å². The topological polar surface area (TPSA) is 90.7 Å². The summed E-state index contributed by atoms with van der Waals surface area (Å²) in [6, 6.07) is 7.00. The largest absolute Gasteiger partial charge is 0.573 e. The van der Waals surface area contributed by atoms with Crippen molar-refractivity contribution in [3.8, 4) is 11.5 Å².